The maximum atomic E-state index is 12.9. The van der Waals surface area contributed by atoms with E-state index in [1.165, 1.54) is 33.8 Å². The first-order valence-corrected chi connectivity index (χ1v) is 14.2. The number of carbonyl (C=O) groups excluding carboxylic acids is 3. The SMILES string of the molecule is C[n+]1ccc(SCC2=C(C(=O)O)N3C(=O)C(NC(=O)C(=CC(=O)O)c4csc(N)n4)[C@H]3SC2)cc1.O=C([O-])C(F)(F)F. The van der Waals surface area contributed by atoms with Crippen LogP contribution in [0.2, 0.25) is 0 Å². The van der Waals surface area contributed by atoms with Crippen LogP contribution >= 0.6 is 34.9 Å². The van der Waals surface area contributed by atoms with Crippen LogP contribution in [0.3, 0.4) is 0 Å². The molecular weight excluding hydrogens is 627 g/mol. The number of aliphatic carboxylic acids is 3. The molecule has 1 saturated heterocycles. The molecule has 0 saturated carbocycles. The lowest BCUT2D eigenvalue weighted by atomic mass is 10.0. The molecule has 1 fully saturated rings. The molecule has 2 aliphatic rings. The van der Waals surface area contributed by atoms with Crippen LogP contribution in [-0.4, -0.2) is 78.9 Å². The van der Waals surface area contributed by atoms with E-state index in [4.69, 9.17) is 20.7 Å². The van der Waals surface area contributed by atoms with Gasteiger partial charge < -0.3 is 31.2 Å². The molecule has 13 nitrogen and oxygen atoms in total. The zero-order valence-corrected chi connectivity index (χ0v) is 23.6. The number of hydrogen-bond donors (Lipinski definition) is 4. The van der Waals surface area contributed by atoms with Gasteiger partial charge in [-0.25, -0.2) is 19.1 Å². The Morgan fingerprint density at radius 3 is 2.40 bits per heavy atom. The van der Waals surface area contributed by atoms with Crippen LogP contribution in [0.4, 0.5) is 18.3 Å². The number of alkyl halides is 3. The maximum absolute atomic E-state index is 12.9. The van der Waals surface area contributed by atoms with Crippen LogP contribution in [0, 0.1) is 0 Å². The Balaban J connectivity index is 0.000000616. The molecule has 42 heavy (non-hydrogen) atoms. The smallest absolute Gasteiger partial charge is 0.430 e. The minimum absolute atomic E-state index is 0.0762. The number of amides is 2. The summed E-state index contributed by atoms with van der Waals surface area (Å²) >= 11 is 3.85. The highest BCUT2D eigenvalue weighted by atomic mass is 32.2. The van der Waals surface area contributed by atoms with Gasteiger partial charge in [-0.05, 0) is 5.57 Å². The third kappa shape index (κ3) is 7.79. The molecule has 0 spiro atoms. The zero-order chi connectivity index (χ0) is 31.4. The van der Waals surface area contributed by atoms with Crippen molar-refractivity contribution in [2.24, 2.45) is 7.05 Å². The first-order chi connectivity index (χ1) is 19.6. The number of carboxylic acids is 3. The highest BCUT2D eigenvalue weighted by Crippen LogP contribution is 2.41. The lowest BCUT2D eigenvalue weighted by Gasteiger charge is -2.49. The van der Waals surface area contributed by atoms with Crippen molar-refractivity contribution in [2.75, 3.05) is 17.2 Å². The second-order valence-electron chi connectivity index (χ2n) is 8.36. The second-order valence-corrected chi connectivity index (χ2v) is 11.4. The van der Waals surface area contributed by atoms with E-state index in [1.54, 1.807) is 0 Å². The quantitative estimate of drug-likeness (QED) is 0.128. The summed E-state index contributed by atoms with van der Waals surface area (Å²) in [6.45, 7) is 0. The Morgan fingerprint density at radius 1 is 1.29 bits per heavy atom. The molecule has 0 radical (unpaired) electrons. The zero-order valence-electron chi connectivity index (χ0n) is 21.2. The number of thiazole rings is 1. The van der Waals surface area contributed by atoms with E-state index in [0.717, 1.165) is 16.2 Å². The number of fused-ring (bicyclic) bond motifs is 1. The number of nitrogens with two attached hydrogens (primary N) is 1. The molecular formula is C23H20F3N5O8S3. The average Bonchev–Trinajstić information content (AvgIpc) is 3.34. The number of nitrogens with one attached hydrogen (secondary N) is 1. The minimum atomic E-state index is -5.19. The van der Waals surface area contributed by atoms with E-state index in [-0.39, 0.29) is 22.1 Å². The van der Waals surface area contributed by atoms with E-state index in [9.17, 15) is 37.5 Å². The van der Waals surface area contributed by atoms with Gasteiger partial charge in [0, 0.05) is 40.0 Å². The van der Waals surface area contributed by atoms with Crippen molar-refractivity contribution < 1.29 is 57.0 Å². The summed E-state index contributed by atoms with van der Waals surface area (Å²) in [7, 11) is 1.90. The average molecular weight is 648 g/mol. The molecule has 1 unspecified atom stereocenters. The molecule has 2 aromatic heterocycles. The van der Waals surface area contributed by atoms with Gasteiger partial charge in [-0.3, -0.25) is 14.5 Å². The largest absolute Gasteiger partial charge is 0.542 e. The van der Waals surface area contributed by atoms with Gasteiger partial charge in [-0.15, -0.1) is 34.9 Å². The number of pyridine rings is 1. The fraction of sp³-hybridized carbons (Fsp3) is 0.261. The Labute approximate surface area is 246 Å². The van der Waals surface area contributed by atoms with Crippen molar-refractivity contribution in [1.82, 2.24) is 15.2 Å². The number of β-lactam (4-membered cyclic amide) rings is 1. The third-order valence-corrected chi connectivity index (χ3v) is 8.55. The van der Waals surface area contributed by atoms with Crippen molar-refractivity contribution in [3.63, 3.8) is 0 Å². The fourth-order valence-electron chi connectivity index (χ4n) is 3.56. The lowest BCUT2D eigenvalue weighted by Crippen LogP contribution is -2.70. The van der Waals surface area contributed by atoms with Crippen LogP contribution in [-0.2, 0) is 31.0 Å². The number of aromatic nitrogens is 2. The Bertz CT molecular complexity index is 1480. The summed E-state index contributed by atoms with van der Waals surface area (Å²) in [6.07, 6.45) is -0.723. The molecule has 0 aliphatic carbocycles. The Kier molecular flexibility index (Phi) is 10.2. The molecule has 4 heterocycles. The van der Waals surface area contributed by atoms with Gasteiger partial charge in [0.2, 0.25) is 0 Å². The van der Waals surface area contributed by atoms with E-state index in [2.05, 4.69) is 10.3 Å². The highest BCUT2D eigenvalue weighted by Gasteiger charge is 2.54. The van der Waals surface area contributed by atoms with Crippen molar-refractivity contribution in [2.45, 2.75) is 22.5 Å². The molecule has 2 atom stereocenters. The van der Waals surface area contributed by atoms with E-state index >= 15 is 0 Å². The summed E-state index contributed by atoms with van der Waals surface area (Å²) in [6, 6.07) is 2.84. The van der Waals surface area contributed by atoms with E-state index < -0.39 is 47.3 Å². The van der Waals surface area contributed by atoms with Gasteiger partial charge in [0.05, 0.1) is 11.3 Å². The number of nitrogen functional groups attached to an aromatic ring is 1. The van der Waals surface area contributed by atoms with Gasteiger partial charge >= 0.3 is 18.1 Å². The highest BCUT2D eigenvalue weighted by molar-refractivity contribution is 8.01. The predicted octanol–water partition coefficient (Wildman–Crippen LogP) is -0.153. The summed E-state index contributed by atoms with van der Waals surface area (Å²) in [5.41, 5.74) is 5.95. The number of anilines is 1. The molecule has 2 aromatic rings. The monoisotopic (exact) mass is 647 g/mol. The van der Waals surface area contributed by atoms with Crippen molar-refractivity contribution >= 4 is 75.3 Å². The number of rotatable bonds is 8. The number of thioether (sulfide) groups is 2. The number of aryl methyl sites for hydroxylation is 1. The Morgan fingerprint density at radius 2 is 1.90 bits per heavy atom. The van der Waals surface area contributed by atoms with Gasteiger partial charge in [-0.1, -0.05) is 0 Å². The normalized spacial score (nSPS) is 18.3. The lowest BCUT2D eigenvalue weighted by molar-refractivity contribution is -0.671. The first-order valence-electron chi connectivity index (χ1n) is 11.3. The molecule has 4 rings (SSSR count). The third-order valence-electron chi connectivity index (χ3n) is 5.44. The number of halogens is 3. The standard InChI is InChI=1S/C21H19N5O6S3.C2HF3O2/c1-25-4-2-11(3-5-25)33-7-10-8-34-19-15(18(30)26(19)16(10)20(31)32)24-17(29)12(6-14(27)28)13-9-35-21(22)23-13;3-2(4,5)1(6)7/h2-6,9,15,19H,7-8H2,1H3,(H4-,22,23,24,27,28,29,31,32);(H,6,7)/t15?,19-;/m1./s1. The van der Waals surface area contributed by atoms with Crippen molar-refractivity contribution in [1.29, 1.82) is 0 Å². The van der Waals surface area contributed by atoms with Crippen LogP contribution in [0.15, 0.2) is 52.1 Å². The summed E-state index contributed by atoms with van der Waals surface area (Å²) in [4.78, 5) is 63.9. The van der Waals surface area contributed by atoms with Crippen molar-refractivity contribution in [3.8, 4) is 0 Å². The minimum Gasteiger partial charge on any atom is -0.542 e. The maximum Gasteiger partial charge on any atom is 0.430 e. The number of hydrogen-bond acceptors (Lipinski definition) is 11. The molecule has 224 valence electrons. The Hall–Kier alpha value is -4.10. The number of nitrogens with zero attached hydrogens (tertiary/aromatic N) is 3. The van der Waals surface area contributed by atoms with Gasteiger partial charge in [0.1, 0.15) is 30.1 Å². The van der Waals surface area contributed by atoms with Crippen LogP contribution in [0.1, 0.15) is 5.69 Å². The molecule has 2 aliphatic heterocycles. The van der Waals surface area contributed by atoms with Crippen LogP contribution in [0.5, 0.6) is 0 Å². The topological polar surface area (TPSA) is 207 Å². The summed E-state index contributed by atoms with van der Waals surface area (Å²) in [5, 5.41) is 31.3. The molecule has 0 aromatic carbocycles. The second kappa shape index (κ2) is 13.3. The van der Waals surface area contributed by atoms with E-state index in [1.807, 2.05) is 36.1 Å². The molecule has 19 heteroatoms. The van der Waals surface area contributed by atoms with Crippen LogP contribution in [0.25, 0.3) is 5.57 Å². The number of carboxylic acid groups (broad SMARTS) is 3. The van der Waals surface area contributed by atoms with Crippen LogP contribution < -0.4 is 20.7 Å². The predicted molar refractivity (Wildman–Crippen MR) is 141 cm³/mol. The van der Waals surface area contributed by atoms with Gasteiger partial charge in [0.25, 0.3) is 11.8 Å². The summed E-state index contributed by atoms with van der Waals surface area (Å²) < 4.78 is 33.4. The molecule has 2 amide bonds. The van der Waals surface area contributed by atoms with E-state index in [0.29, 0.717) is 23.2 Å². The number of carbonyl (C=O) groups is 5. The fourth-order valence-corrected chi connectivity index (χ4v) is 6.49. The molecule has 0 bridgehead atoms. The van der Waals surface area contributed by atoms with Gasteiger partial charge in [0.15, 0.2) is 17.5 Å². The van der Waals surface area contributed by atoms with Crippen molar-refractivity contribution in [3.05, 3.63) is 52.9 Å². The molecule has 5 N–H and O–H groups in total. The summed E-state index contributed by atoms with van der Waals surface area (Å²) in [5.74, 6) is -6.20. The first kappa shape index (κ1) is 32.4. The van der Waals surface area contributed by atoms with Gasteiger partial charge in [-0.2, -0.15) is 13.2 Å².